The van der Waals surface area contributed by atoms with E-state index in [1.807, 2.05) is 48.5 Å². The molecule has 1 aromatic heterocycles. The largest absolute Gasteiger partial charge is 0.365 e. The van der Waals surface area contributed by atoms with Gasteiger partial charge in [-0.05, 0) is 59.2 Å². The molecule has 190 valence electrons. The van der Waals surface area contributed by atoms with Gasteiger partial charge in [-0.1, -0.05) is 65.7 Å². The number of nitrogens with one attached hydrogen (secondary N) is 1. The number of aromatic nitrogens is 2. The Balaban J connectivity index is 1.41. The van der Waals surface area contributed by atoms with Crippen LogP contribution in [0.4, 0.5) is 10.2 Å². The molecule has 0 saturated carbocycles. The lowest BCUT2D eigenvalue weighted by Crippen LogP contribution is -2.26. The van der Waals surface area contributed by atoms with Crippen molar-refractivity contribution in [2.45, 2.75) is 13.1 Å². The minimum absolute atomic E-state index is 0.0726. The minimum atomic E-state index is -0.396. The molecule has 5 rings (SSSR count). The second kappa shape index (κ2) is 11.2. The van der Waals surface area contributed by atoms with Gasteiger partial charge in [0.2, 0.25) is 0 Å². The van der Waals surface area contributed by atoms with Crippen molar-refractivity contribution in [2.24, 2.45) is 0 Å². The lowest BCUT2D eigenvalue weighted by atomic mass is 10.0. The molecule has 0 aliphatic heterocycles. The fourth-order valence-corrected chi connectivity index (χ4v) is 4.79. The van der Waals surface area contributed by atoms with E-state index in [9.17, 15) is 9.18 Å². The molecule has 0 radical (unpaired) electrons. The zero-order chi connectivity index (χ0) is 26.6. The summed E-state index contributed by atoms with van der Waals surface area (Å²) >= 11 is 12.1. The molecule has 0 aliphatic rings. The van der Waals surface area contributed by atoms with Crippen LogP contribution >= 0.6 is 23.2 Å². The van der Waals surface area contributed by atoms with E-state index in [0.29, 0.717) is 33.5 Å². The molecule has 0 aliphatic carbocycles. The van der Waals surface area contributed by atoms with E-state index in [-0.39, 0.29) is 12.5 Å². The maximum atomic E-state index is 14.8. The number of nitrogens with zero attached hydrogens (tertiary/aromatic N) is 3. The molecule has 0 spiro atoms. The highest BCUT2D eigenvalue weighted by Gasteiger charge is 2.16. The standard InChI is InChI=1S/C30H23Cl2FN4O/c1-37(30(38)22-12-24(31)15-25(32)13-22)17-23-11-20(7-9-27(23)33)21-8-10-28-26(14-21)29(36-18-35-28)34-16-19-5-3-2-4-6-19/h2-15,18H,16-17H2,1H3,(H,34,35,36). The SMILES string of the molecule is CN(Cc1cc(-c2ccc3ncnc(NCc4ccccc4)c3c2)ccc1F)C(=O)c1cc(Cl)cc(Cl)c1. The van der Waals surface area contributed by atoms with Crippen LogP contribution in [0.25, 0.3) is 22.0 Å². The van der Waals surface area contributed by atoms with Gasteiger partial charge in [0.1, 0.15) is 18.0 Å². The number of anilines is 1. The van der Waals surface area contributed by atoms with Crippen LogP contribution in [-0.2, 0) is 13.1 Å². The molecular formula is C30H23Cl2FN4O. The van der Waals surface area contributed by atoms with Gasteiger partial charge in [-0.3, -0.25) is 4.79 Å². The van der Waals surface area contributed by atoms with Crippen LogP contribution in [0.5, 0.6) is 0 Å². The van der Waals surface area contributed by atoms with Gasteiger partial charge in [0.25, 0.3) is 5.91 Å². The molecule has 0 unspecified atom stereocenters. The first-order valence-corrected chi connectivity index (χ1v) is 12.7. The van der Waals surface area contributed by atoms with Crippen molar-refractivity contribution >= 4 is 45.8 Å². The number of fused-ring (bicyclic) bond motifs is 1. The predicted octanol–water partition coefficient (Wildman–Crippen LogP) is 7.63. The molecule has 0 bridgehead atoms. The van der Waals surface area contributed by atoms with Crippen molar-refractivity contribution in [3.8, 4) is 11.1 Å². The lowest BCUT2D eigenvalue weighted by Gasteiger charge is -2.19. The smallest absolute Gasteiger partial charge is 0.254 e. The van der Waals surface area contributed by atoms with E-state index in [0.717, 1.165) is 27.6 Å². The second-order valence-electron chi connectivity index (χ2n) is 8.92. The highest BCUT2D eigenvalue weighted by molar-refractivity contribution is 6.35. The predicted molar refractivity (Wildman–Crippen MR) is 151 cm³/mol. The number of carbonyl (C=O) groups excluding carboxylic acids is 1. The van der Waals surface area contributed by atoms with E-state index >= 15 is 0 Å². The average Bonchev–Trinajstić information content (AvgIpc) is 2.92. The van der Waals surface area contributed by atoms with E-state index in [4.69, 9.17) is 23.2 Å². The van der Waals surface area contributed by atoms with Gasteiger partial charge in [0.15, 0.2) is 0 Å². The van der Waals surface area contributed by atoms with Gasteiger partial charge in [-0.2, -0.15) is 0 Å². The van der Waals surface area contributed by atoms with Crippen LogP contribution in [0.1, 0.15) is 21.5 Å². The van der Waals surface area contributed by atoms with Gasteiger partial charge >= 0.3 is 0 Å². The Hall–Kier alpha value is -4.00. The molecule has 8 heteroatoms. The Morgan fingerprint density at radius 1 is 0.895 bits per heavy atom. The van der Waals surface area contributed by atoms with Crippen LogP contribution < -0.4 is 5.32 Å². The molecule has 1 N–H and O–H groups in total. The third-order valence-electron chi connectivity index (χ3n) is 6.18. The summed E-state index contributed by atoms with van der Waals surface area (Å²) in [6.07, 6.45) is 1.53. The van der Waals surface area contributed by atoms with E-state index < -0.39 is 5.82 Å². The molecule has 0 saturated heterocycles. The van der Waals surface area contributed by atoms with Gasteiger partial charge in [-0.15, -0.1) is 0 Å². The lowest BCUT2D eigenvalue weighted by molar-refractivity contribution is 0.0784. The number of rotatable bonds is 7. The molecule has 38 heavy (non-hydrogen) atoms. The zero-order valence-corrected chi connectivity index (χ0v) is 22.0. The number of halogens is 3. The summed E-state index contributed by atoms with van der Waals surface area (Å²) in [5.74, 6) is 0.0107. The molecule has 1 heterocycles. The van der Waals surface area contributed by atoms with Gasteiger partial charge in [-0.25, -0.2) is 14.4 Å². The van der Waals surface area contributed by atoms with E-state index in [1.165, 1.54) is 17.3 Å². The third kappa shape index (κ3) is 5.77. The summed E-state index contributed by atoms with van der Waals surface area (Å²) in [5.41, 5.74) is 4.36. The fraction of sp³-hybridized carbons (Fsp3) is 0.100. The first-order valence-electron chi connectivity index (χ1n) is 11.9. The van der Waals surface area contributed by atoms with Gasteiger partial charge < -0.3 is 10.2 Å². The van der Waals surface area contributed by atoms with E-state index in [2.05, 4.69) is 15.3 Å². The van der Waals surface area contributed by atoms with Crippen LogP contribution in [0, 0.1) is 5.82 Å². The number of carbonyl (C=O) groups is 1. The zero-order valence-electron chi connectivity index (χ0n) is 20.5. The van der Waals surface area contributed by atoms with Crippen molar-refractivity contribution < 1.29 is 9.18 Å². The summed E-state index contributed by atoms with van der Waals surface area (Å²) in [7, 11) is 1.61. The Morgan fingerprint density at radius 3 is 2.37 bits per heavy atom. The van der Waals surface area contributed by atoms with Gasteiger partial charge in [0, 0.05) is 46.7 Å². The normalized spacial score (nSPS) is 10.9. The summed E-state index contributed by atoms with van der Waals surface area (Å²) in [4.78, 5) is 23.2. The summed E-state index contributed by atoms with van der Waals surface area (Å²) in [5, 5.41) is 4.97. The second-order valence-corrected chi connectivity index (χ2v) is 9.79. The molecule has 5 aromatic rings. The molecule has 1 amide bonds. The Morgan fingerprint density at radius 2 is 1.61 bits per heavy atom. The highest BCUT2D eigenvalue weighted by Crippen LogP contribution is 2.29. The summed E-state index contributed by atoms with van der Waals surface area (Å²) in [6, 6.07) is 25.4. The highest BCUT2D eigenvalue weighted by atomic mass is 35.5. The minimum Gasteiger partial charge on any atom is -0.365 e. The Kier molecular flexibility index (Phi) is 7.54. The maximum absolute atomic E-state index is 14.8. The van der Waals surface area contributed by atoms with Crippen molar-refractivity contribution in [1.29, 1.82) is 0 Å². The van der Waals surface area contributed by atoms with Crippen LogP contribution in [0.15, 0.2) is 91.3 Å². The first-order chi connectivity index (χ1) is 18.4. The summed E-state index contributed by atoms with van der Waals surface area (Å²) in [6.45, 7) is 0.694. The first kappa shape index (κ1) is 25.6. The van der Waals surface area contributed by atoms with Crippen molar-refractivity contribution in [3.63, 3.8) is 0 Å². The summed E-state index contributed by atoms with van der Waals surface area (Å²) < 4.78 is 14.8. The van der Waals surface area contributed by atoms with Crippen LogP contribution in [-0.4, -0.2) is 27.8 Å². The molecule has 5 nitrogen and oxygen atoms in total. The fourth-order valence-electron chi connectivity index (χ4n) is 4.26. The van der Waals surface area contributed by atoms with Crippen LogP contribution in [0.3, 0.4) is 0 Å². The van der Waals surface area contributed by atoms with Crippen LogP contribution in [0.2, 0.25) is 10.0 Å². The Labute approximate surface area is 229 Å². The number of hydrogen-bond acceptors (Lipinski definition) is 4. The molecule has 0 fully saturated rings. The third-order valence-corrected chi connectivity index (χ3v) is 6.62. The topological polar surface area (TPSA) is 58.1 Å². The molecule has 0 atom stereocenters. The Bertz CT molecular complexity index is 1610. The van der Waals surface area contributed by atoms with E-state index in [1.54, 1.807) is 37.4 Å². The molecule has 4 aromatic carbocycles. The monoisotopic (exact) mass is 544 g/mol. The molecular weight excluding hydrogens is 522 g/mol. The number of amides is 1. The van der Waals surface area contributed by atoms with Gasteiger partial charge in [0.05, 0.1) is 5.52 Å². The van der Waals surface area contributed by atoms with Crippen molar-refractivity contribution in [1.82, 2.24) is 14.9 Å². The van der Waals surface area contributed by atoms with Crippen molar-refractivity contribution in [2.75, 3.05) is 12.4 Å². The maximum Gasteiger partial charge on any atom is 0.254 e. The number of hydrogen-bond donors (Lipinski definition) is 1. The average molecular weight is 545 g/mol. The number of benzene rings is 4. The van der Waals surface area contributed by atoms with Crippen molar-refractivity contribution in [3.05, 3.63) is 124 Å². The quantitative estimate of drug-likeness (QED) is 0.229.